The van der Waals surface area contributed by atoms with Crippen LogP contribution in [0.3, 0.4) is 0 Å². The largest absolute Gasteiger partial charge is 0.467 e. The maximum absolute atomic E-state index is 12.0. The number of ether oxygens (including phenoxy) is 1. The summed E-state index contributed by atoms with van der Waals surface area (Å²) in [6, 6.07) is -0.776. The fraction of sp³-hybridized carbons (Fsp3) is 0.750. The number of rotatable bonds is 5. The molecule has 7 nitrogen and oxygen atoms in total. The van der Waals surface area contributed by atoms with Crippen LogP contribution in [0.5, 0.6) is 0 Å². The van der Waals surface area contributed by atoms with E-state index in [1.54, 1.807) is 4.90 Å². The van der Waals surface area contributed by atoms with Gasteiger partial charge in [-0.05, 0) is 12.8 Å². The molecule has 0 aromatic rings. The van der Waals surface area contributed by atoms with Crippen LogP contribution in [-0.4, -0.2) is 60.1 Å². The first-order valence-electron chi connectivity index (χ1n) is 6.35. The summed E-state index contributed by atoms with van der Waals surface area (Å²) in [4.78, 5) is 36.7. The minimum Gasteiger partial charge on any atom is -0.467 e. The van der Waals surface area contributed by atoms with Crippen molar-refractivity contribution in [2.24, 2.45) is 5.92 Å². The number of hydrogen-bond donors (Lipinski definition) is 2. The van der Waals surface area contributed by atoms with Crippen LogP contribution in [0.15, 0.2) is 0 Å². The van der Waals surface area contributed by atoms with Gasteiger partial charge in [0.05, 0.1) is 19.6 Å². The summed E-state index contributed by atoms with van der Waals surface area (Å²) >= 11 is 0. The number of carbonyl (C=O) groups excluding carboxylic acids is 3. The van der Waals surface area contributed by atoms with Crippen LogP contribution < -0.4 is 5.32 Å². The minimum absolute atomic E-state index is 0.0127. The third kappa shape index (κ3) is 3.04. The van der Waals surface area contributed by atoms with E-state index >= 15 is 0 Å². The fourth-order valence-electron chi connectivity index (χ4n) is 2.26. The molecule has 0 spiro atoms. The molecule has 7 heteroatoms. The SMILES string of the molecule is COC(=O)C(CO)NC(=O)C1CC(=O)N(C2CC2)C1. The average Bonchev–Trinajstić information content (AvgIpc) is 3.17. The lowest BCUT2D eigenvalue weighted by molar-refractivity contribution is -0.146. The van der Waals surface area contributed by atoms with Crippen LogP contribution >= 0.6 is 0 Å². The second-order valence-electron chi connectivity index (χ2n) is 4.95. The van der Waals surface area contributed by atoms with Gasteiger partial charge < -0.3 is 20.1 Å². The minimum atomic E-state index is -1.07. The molecule has 1 saturated carbocycles. The zero-order valence-corrected chi connectivity index (χ0v) is 10.8. The van der Waals surface area contributed by atoms with Gasteiger partial charge in [0.2, 0.25) is 11.8 Å². The number of likely N-dealkylation sites (tertiary alicyclic amines) is 1. The van der Waals surface area contributed by atoms with Crippen molar-refractivity contribution in [3.05, 3.63) is 0 Å². The summed E-state index contributed by atoms with van der Waals surface area (Å²) in [5.74, 6) is -1.55. The summed E-state index contributed by atoms with van der Waals surface area (Å²) < 4.78 is 4.47. The molecule has 2 atom stereocenters. The predicted octanol–water partition coefficient (Wildman–Crippen LogP) is -1.35. The van der Waals surface area contributed by atoms with Crippen molar-refractivity contribution in [2.75, 3.05) is 20.3 Å². The topological polar surface area (TPSA) is 95.9 Å². The maximum atomic E-state index is 12.0. The van der Waals surface area contributed by atoms with Gasteiger partial charge in [-0.3, -0.25) is 9.59 Å². The summed E-state index contributed by atoms with van der Waals surface area (Å²) in [6.45, 7) is -0.125. The summed E-state index contributed by atoms with van der Waals surface area (Å²) in [5.41, 5.74) is 0. The Hall–Kier alpha value is -1.63. The van der Waals surface area contributed by atoms with Crippen LogP contribution in [0.2, 0.25) is 0 Å². The molecule has 1 aliphatic heterocycles. The molecule has 2 aliphatic rings. The third-order valence-electron chi connectivity index (χ3n) is 3.50. The Morgan fingerprint density at radius 1 is 1.53 bits per heavy atom. The molecule has 2 N–H and O–H groups in total. The molecule has 0 aromatic heterocycles. The van der Waals surface area contributed by atoms with E-state index in [4.69, 9.17) is 5.11 Å². The molecule has 106 valence electrons. The van der Waals surface area contributed by atoms with E-state index < -0.39 is 24.5 Å². The number of methoxy groups -OCH3 is 1. The number of amides is 2. The third-order valence-corrected chi connectivity index (χ3v) is 3.50. The number of aliphatic hydroxyl groups excluding tert-OH is 1. The van der Waals surface area contributed by atoms with Gasteiger partial charge >= 0.3 is 5.97 Å². The highest BCUT2D eigenvalue weighted by Crippen LogP contribution is 2.32. The van der Waals surface area contributed by atoms with Crippen LogP contribution in [0.4, 0.5) is 0 Å². The maximum Gasteiger partial charge on any atom is 0.330 e. The second-order valence-corrected chi connectivity index (χ2v) is 4.95. The highest BCUT2D eigenvalue weighted by atomic mass is 16.5. The monoisotopic (exact) mass is 270 g/mol. The molecule has 2 amide bonds. The number of nitrogens with one attached hydrogen (secondary N) is 1. The van der Waals surface area contributed by atoms with Gasteiger partial charge in [0.1, 0.15) is 0 Å². The normalized spacial score (nSPS) is 24.2. The van der Waals surface area contributed by atoms with Gasteiger partial charge in [-0.15, -0.1) is 0 Å². The van der Waals surface area contributed by atoms with Crippen molar-refractivity contribution in [3.63, 3.8) is 0 Å². The van der Waals surface area contributed by atoms with E-state index in [9.17, 15) is 14.4 Å². The van der Waals surface area contributed by atoms with E-state index in [1.165, 1.54) is 7.11 Å². The van der Waals surface area contributed by atoms with E-state index in [0.29, 0.717) is 12.6 Å². The lowest BCUT2D eigenvalue weighted by atomic mass is 10.1. The van der Waals surface area contributed by atoms with Crippen molar-refractivity contribution in [2.45, 2.75) is 31.3 Å². The molecule has 0 aromatic carbocycles. The van der Waals surface area contributed by atoms with Gasteiger partial charge in [0.15, 0.2) is 6.04 Å². The van der Waals surface area contributed by atoms with Crippen LogP contribution in [0.25, 0.3) is 0 Å². The number of carbonyl (C=O) groups is 3. The number of nitrogens with zero attached hydrogens (tertiary/aromatic N) is 1. The fourth-order valence-corrected chi connectivity index (χ4v) is 2.26. The Bertz CT molecular complexity index is 394. The van der Waals surface area contributed by atoms with Crippen molar-refractivity contribution in [1.29, 1.82) is 0 Å². The van der Waals surface area contributed by atoms with E-state index in [0.717, 1.165) is 12.8 Å². The van der Waals surface area contributed by atoms with Crippen molar-refractivity contribution in [1.82, 2.24) is 10.2 Å². The van der Waals surface area contributed by atoms with E-state index in [-0.39, 0.29) is 18.2 Å². The molecule has 2 unspecified atom stereocenters. The van der Waals surface area contributed by atoms with Gasteiger partial charge in [0.25, 0.3) is 0 Å². The van der Waals surface area contributed by atoms with Crippen molar-refractivity contribution in [3.8, 4) is 0 Å². The van der Waals surface area contributed by atoms with Crippen molar-refractivity contribution < 1.29 is 24.2 Å². The molecule has 0 bridgehead atoms. The van der Waals surface area contributed by atoms with Crippen LogP contribution in [0, 0.1) is 5.92 Å². The lowest BCUT2D eigenvalue weighted by Crippen LogP contribution is -2.46. The van der Waals surface area contributed by atoms with Gasteiger partial charge in [-0.1, -0.05) is 0 Å². The first-order chi connectivity index (χ1) is 9.06. The molecule has 19 heavy (non-hydrogen) atoms. The number of hydrogen-bond acceptors (Lipinski definition) is 5. The smallest absolute Gasteiger partial charge is 0.330 e. The molecular formula is C12H18N2O5. The zero-order chi connectivity index (χ0) is 14.0. The highest BCUT2D eigenvalue weighted by molar-refractivity contribution is 5.91. The van der Waals surface area contributed by atoms with Gasteiger partial charge in [-0.2, -0.15) is 0 Å². The molecule has 1 heterocycles. The summed E-state index contributed by atoms with van der Waals surface area (Å²) in [6.07, 6.45) is 2.17. The quantitative estimate of drug-likeness (QED) is 0.602. The highest BCUT2D eigenvalue weighted by Gasteiger charge is 2.42. The van der Waals surface area contributed by atoms with E-state index in [2.05, 4.69) is 10.1 Å². The Labute approximate surface area is 110 Å². The zero-order valence-electron chi connectivity index (χ0n) is 10.8. The molecule has 2 fully saturated rings. The summed E-state index contributed by atoms with van der Waals surface area (Å²) in [7, 11) is 1.19. The lowest BCUT2D eigenvalue weighted by Gasteiger charge is -2.18. The number of aliphatic hydroxyl groups is 1. The average molecular weight is 270 g/mol. The summed E-state index contributed by atoms with van der Waals surface area (Å²) in [5, 5.41) is 11.4. The number of esters is 1. The van der Waals surface area contributed by atoms with Crippen molar-refractivity contribution >= 4 is 17.8 Å². The van der Waals surface area contributed by atoms with Gasteiger partial charge in [0, 0.05) is 19.0 Å². The predicted molar refractivity (Wildman–Crippen MR) is 63.9 cm³/mol. The van der Waals surface area contributed by atoms with Gasteiger partial charge in [-0.25, -0.2) is 4.79 Å². The first kappa shape index (κ1) is 13.8. The first-order valence-corrected chi connectivity index (χ1v) is 6.35. The van der Waals surface area contributed by atoms with Crippen LogP contribution in [0.1, 0.15) is 19.3 Å². The van der Waals surface area contributed by atoms with Crippen LogP contribution in [-0.2, 0) is 19.1 Å². The molecular weight excluding hydrogens is 252 g/mol. The Morgan fingerprint density at radius 3 is 2.74 bits per heavy atom. The molecule has 1 aliphatic carbocycles. The standard InChI is InChI=1S/C12H18N2O5/c1-19-12(18)9(6-15)13-11(17)7-4-10(16)14(5-7)8-2-3-8/h7-9,15H,2-6H2,1H3,(H,13,17). The molecule has 2 rings (SSSR count). The molecule has 1 saturated heterocycles. The second kappa shape index (κ2) is 5.56. The Morgan fingerprint density at radius 2 is 2.21 bits per heavy atom. The van der Waals surface area contributed by atoms with E-state index in [1.807, 2.05) is 0 Å². The molecule has 0 radical (unpaired) electrons. The Balaban J connectivity index is 1.89. The Kier molecular flexibility index (Phi) is 4.04.